The SMILES string of the molecule is NCCCCCCC(=O)N1CCOC(CO)C1. The van der Waals surface area contributed by atoms with Crippen LogP contribution >= 0.6 is 0 Å². The van der Waals surface area contributed by atoms with Crippen LogP contribution in [0.25, 0.3) is 0 Å². The maximum Gasteiger partial charge on any atom is 0.222 e. The lowest BCUT2D eigenvalue weighted by molar-refractivity contribution is -0.140. The maximum absolute atomic E-state index is 11.9. The first-order valence-corrected chi connectivity index (χ1v) is 6.48. The van der Waals surface area contributed by atoms with Crippen molar-refractivity contribution in [2.75, 3.05) is 32.8 Å². The van der Waals surface area contributed by atoms with Crippen molar-refractivity contribution in [2.45, 2.75) is 38.2 Å². The van der Waals surface area contributed by atoms with Crippen LogP contribution in [0.4, 0.5) is 0 Å². The zero-order chi connectivity index (χ0) is 12.5. The van der Waals surface area contributed by atoms with E-state index < -0.39 is 0 Å². The quantitative estimate of drug-likeness (QED) is 0.624. The van der Waals surface area contributed by atoms with Gasteiger partial charge in [0.15, 0.2) is 0 Å². The highest BCUT2D eigenvalue weighted by atomic mass is 16.5. The van der Waals surface area contributed by atoms with Crippen molar-refractivity contribution >= 4 is 5.91 Å². The van der Waals surface area contributed by atoms with Crippen LogP contribution < -0.4 is 5.73 Å². The summed E-state index contributed by atoms with van der Waals surface area (Å²) in [6, 6.07) is 0. The van der Waals surface area contributed by atoms with Crippen molar-refractivity contribution in [1.29, 1.82) is 0 Å². The van der Waals surface area contributed by atoms with Gasteiger partial charge in [-0.1, -0.05) is 12.8 Å². The molecule has 0 aromatic rings. The fraction of sp³-hybridized carbons (Fsp3) is 0.917. The van der Waals surface area contributed by atoms with Gasteiger partial charge in [-0.15, -0.1) is 0 Å². The Morgan fingerprint density at radius 2 is 2.12 bits per heavy atom. The van der Waals surface area contributed by atoms with E-state index in [0.29, 0.717) is 26.1 Å². The molecular weight excluding hydrogens is 220 g/mol. The van der Waals surface area contributed by atoms with Gasteiger partial charge in [0.2, 0.25) is 5.91 Å². The molecule has 0 bridgehead atoms. The summed E-state index contributed by atoms with van der Waals surface area (Å²) < 4.78 is 5.31. The third-order valence-corrected chi connectivity index (χ3v) is 3.04. The maximum atomic E-state index is 11.9. The fourth-order valence-corrected chi connectivity index (χ4v) is 1.99. The van der Waals surface area contributed by atoms with Gasteiger partial charge in [-0.05, 0) is 19.4 Å². The number of unbranched alkanes of at least 4 members (excludes halogenated alkanes) is 3. The van der Waals surface area contributed by atoms with Crippen molar-refractivity contribution in [2.24, 2.45) is 5.73 Å². The minimum absolute atomic E-state index is 0.0136. The minimum Gasteiger partial charge on any atom is -0.394 e. The Morgan fingerprint density at radius 3 is 2.82 bits per heavy atom. The lowest BCUT2D eigenvalue weighted by Crippen LogP contribution is -2.46. The fourth-order valence-electron chi connectivity index (χ4n) is 1.99. The lowest BCUT2D eigenvalue weighted by Gasteiger charge is -2.32. The molecule has 5 nitrogen and oxygen atoms in total. The molecule has 1 aliphatic heterocycles. The van der Waals surface area contributed by atoms with Crippen LogP contribution in [0.5, 0.6) is 0 Å². The summed E-state index contributed by atoms with van der Waals surface area (Å²) >= 11 is 0. The Morgan fingerprint density at radius 1 is 1.35 bits per heavy atom. The van der Waals surface area contributed by atoms with E-state index in [9.17, 15) is 4.79 Å². The standard InChI is InChI=1S/C12H24N2O3/c13-6-4-2-1-3-5-12(16)14-7-8-17-11(9-14)10-15/h11,15H,1-10,13H2. The van der Waals surface area contributed by atoms with E-state index >= 15 is 0 Å². The van der Waals surface area contributed by atoms with E-state index in [-0.39, 0.29) is 18.6 Å². The number of amides is 1. The number of morpholine rings is 1. The van der Waals surface area contributed by atoms with Gasteiger partial charge >= 0.3 is 0 Å². The monoisotopic (exact) mass is 244 g/mol. The smallest absolute Gasteiger partial charge is 0.222 e. The van der Waals surface area contributed by atoms with Gasteiger partial charge < -0.3 is 20.5 Å². The molecule has 0 aliphatic carbocycles. The largest absolute Gasteiger partial charge is 0.394 e. The predicted octanol–water partition coefficient (Wildman–Crippen LogP) is 0.115. The second kappa shape index (κ2) is 8.44. The van der Waals surface area contributed by atoms with Crippen LogP contribution in [0, 0.1) is 0 Å². The Labute approximate surface area is 103 Å². The summed E-state index contributed by atoms with van der Waals surface area (Å²) in [7, 11) is 0. The molecule has 3 N–H and O–H groups in total. The third kappa shape index (κ3) is 5.48. The number of aliphatic hydroxyl groups is 1. The molecule has 1 unspecified atom stereocenters. The number of ether oxygens (including phenoxy) is 1. The van der Waals surface area contributed by atoms with Crippen molar-refractivity contribution in [3.05, 3.63) is 0 Å². The summed E-state index contributed by atoms with van der Waals surface area (Å²) in [6.45, 7) is 2.43. The number of hydrogen-bond acceptors (Lipinski definition) is 4. The minimum atomic E-state index is -0.204. The molecule has 0 radical (unpaired) electrons. The van der Waals surface area contributed by atoms with Gasteiger partial charge in [0.25, 0.3) is 0 Å². The Bertz CT molecular complexity index is 224. The zero-order valence-electron chi connectivity index (χ0n) is 10.4. The number of carbonyl (C=O) groups is 1. The van der Waals surface area contributed by atoms with Crippen LogP contribution in [0.15, 0.2) is 0 Å². The van der Waals surface area contributed by atoms with Gasteiger partial charge in [0.1, 0.15) is 0 Å². The highest BCUT2D eigenvalue weighted by molar-refractivity contribution is 5.76. The molecule has 0 aromatic carbocycles. The molecule has 1 saturated heterocycles. The van der Waals surface area contributed by atoms with Gasteiger partial charge in [-0.2, -0.15) is 0 Å². The molecule has 0 saturated carbocycles. The molecular formula is C12H24N2O3. The van der Waals surface area contributed by atoms with Gasteiger partial charge in [0, 0.05) is 19.5 Å². The number of rotatable bonds is 7. The van der Waals surface area contributed by atoms with Crippen LogP contribution in [0.3, 0.4) is 0 Å². The van der Waals surface area contributed by atoms with Gasteiger partial charge in [-0.3, -0.25) is 4.79 Å². The molecule has 1 aliphatic rings. The average molecular weight is 244 g/mol. The molecule has 1 amide bonds. The van der Waals surface area contributed by atoms with E-state index in [1.807, 2.05) is 0 Å². The first kappa shape index (κ1) is 14.4. The van der Waals surface area contributed by atoms with Crippen molar-refractivity contribution in [3.63, 3.8) is 0 Å². The Balaban J connectivity index is 2.14. The van der Waals surface area contributed by atoms with Crippen molar-refractivity contribution in [1.82, 2.24) is 4.90 Å². The topological polar surface area (TPSA) is 75.8 Å². The van der Waals surface area contributed by atoms with E-state index in [4.69, 9.17) is 15.6 Å². The molecule has 1 atom stereocenters. The van der Waals surface area contributed by atoms with Crippen LogP contribution in [-0.4, -0.2) is 54.9 Å². The summed E-state index contributed by atoms with van der Waals surface area (Å²) in [5.41, 5.74) is 5.41. The predicted molar refractivity (Wildman–Crippen MR) is 65.5 cm³/mol. The average Bonchev–Trinajstić information content (AvgIpc) is 2.38. The van der Waals surface area contributed by atoms with Crippen LogP contribution in [-0.2, 0) is 9.53 Å². The molecule has 17 heavy (non-hydrogen) atoms. The molecule has 100 valence electrons. The first-order chi connectivity index (χ1) is 8.27. The number of hydrogen-bond donors (Lipinski definition) is 2. The molecule has 0 aromatic heterocycles. The molecule has 1 heterocycles. The number of nitrogens with two attached hydrogens (primary N) is 1. The lowest BCUT2D eigenvalue weighted by atomic mass is 10.1. The number of carbonyl (C=O) groups excluding carboxylic acids is 1. The normalized spacial score (nSPS) is 20.6. The highest BCUT2D eigenvalue weighted by Gasteiger charge is 2.22. The summed E-state index contributed by atoms with van der Waals surface area (Å²) in [5, 5.41) is 8.99. The molecule has 1 fully saturated rings. The van der Waals surface area contributed by atoms with Crippen LogP contribution in [0.1, 0.15) is 32.1 Å². The molecule has 1 rings (SSSR count). The Kier molecular flexibility index (Phi) is 7.16. The summed E-state index contributed by atoms with van der Waals surface area (Å²) in [4.78, 5) is 13.7. The highest BCUT2D eigenvalue weighted by Crippen LogP contribution is 2.09. The van der Waals surface area contributed by atoms with Crippen molar-refractivity contribution < 1.29 is 14.6 Å². The second-order valence-corrected chi connectivity index (χ2v) is 4.47. The van der Waals surface area contributed by atoms with Crippen LogP contribution in [0.2, 0.25) is 0 Å². The van der Waals surface area contributed by atoms with E-state index in [0.717, 1.165) is 32.2 Å². The Hall–Kier alpha value is -0.650. The van der Waals surface area contributed by atoms with E-state index in [1.165, 1.54) is 0 Å². The van der Waals surface area contributed by atoms with E-state index in [1.54, 1.807) is 4.90 Å². The zero-order valence-corrected chi connectivity index (χ0v) is 10.4. The van der Waals surface area contributed by atoms with Gasteiger partial charge in [-0.25, -0.2) is 0 Å². The number of nitrogens with zero attached hydrogens (tertiary/aromatic N) is 1. The number of aliphatic hydroxyl groups excluding tert-OH is 1. The van der Waals surface area contributed by atoms with E-state index in [2.05, 4.69) is 0 Å². The van der Waals surface area contributed by atoms with Gasteiger partial charge in [0.05, 0.1) is 19.3 Å². The first-order valence-electron chi connectivity index (χ1n) is 6.48. The summed E-state index contributed by atoms with van der Waals surface area (Å²) in [5.74, 6) is 0.180. The molecule has 5 heteroatoms. The molecule has 0 spiro atoms. The summed E-state index contributed by atoms with van der Waals surface area (Å²) in [6.07, 6.45) is 4.54. The van der Waals surface area contributed by atoms with Crippen molar-refractivity contribution in [3.8, 4) is 0 Å². The third-order valence-electron chi connectivity index (χ3n) is 3.04. The second-order valence-electron chi connectivity index (χ2n) is 4.47.